The van der Waals surface area contributed by atoms with E-state index in [9.17, 15) is 4.79 Å². The number of rotatable bonds is 5. The molecule has 31 heavy (non-hydrogen) atoms. The van der Waals surface area contributed by atoms with E-state index in [1.54, 1.807) is 18.3 Å². The minimum absolute atomic E-state index is 0.118. The molecule has 1 aliphatic heterocycles. The molecule has 0 bridgehead atoms. The Bertz CT molecular complexity index is 881. The van der Waals surface area contributed by atoms with Gasteiger partial charge in [0.1, 0.15) is 5.75 Å². The molecule has 4 rings (SSSR count). The summed E-state index contributed by atoms with van der Waals surface area (Å²) in [5.74, 6) is 2.99. The van der Waals surface area contributed by atoms with Crippen molar-refractivity contribution in [1.82, 2.24) is 15.1 Å². The maximum Gasteiger partial charge on any atom is 0.323 e. The van der Waals surface area contributed by atoms with Crippen LogP contribution in [-0.4, -0.2) is 40.8 Å². The van der Waals surface area contributed by atoms with E-state index in [0.717, 1.165) is 31.1 Å². The Kier molecular flexibility index (Phi) is 7.18. The van der Waals surface area contributed by atoms with Crippen molar-refractivity contribution in [1.29, 1.82) is 0 Å². The molecule has 6 heteroatoms. The van der Waals surface area contributed by atoms with Crippen LogP contribution in [0.15, 0.2) is 48.2 Å². The van der Waals surface area contributed by atoms with E-state index in [1.807, 2.05) is 11.0 Å². The van der Waals surface area contributed by atoms with Gasteiger partial charge in [0.2, 0.25) is 0 Å². The van der Waals surface area contributed by atoms with Crippen molar-refractivity contribution >= 4 is 17.9 Å². The molecule has 2 fully saturated rings. The number of hydrogen-bond donors (Lipinski definition) is 1. The van der Waals surface area contributed by atoms with Crippen molar-refractivity contribution in [3.63, 3.8) is 0 Å². The van der Waals surface area contributed by atoms with Crippen LogP contribution in [0.1, 0.15) is 51.0 Å². The van der Waals surface area contributed by atoms with E-state index in [2.05, 4.69) is 46.7 Å². The van der Waals surface area contributed by atoms with E-state index in [0.29, 0.717) is 24.8 Å². The first-order chi connectivity index (χ1) is 15.2. The van der Waals surface area contributed by atoms with Crippen LogP contribution in [0.5, 0.6) is 5.75 Å². The highest BCUT2D eigenvalue weighted by Crippen LogP contribution is 2.29. The molecule has 1 saturated heterocycles. The summed E-state index contributed by atoms with van der Waals surface area (Å²) in [4.78, 5) is 14.2. The molecular formula is C25H32N4O2. The van der Waals surface area contributed by atoms with Crippen molar-refractivity contribution in [3.8, 4) is 5.75 Å². The van der Waals surface area contributed by atoms with Crippen LogP contribution in [0.2, 0.25) is 0 Å². The van der Waals surface area contributed by atoms with Gasteiger partial charge in [0.25, 0.3) is 0 Å². The summed E-state index contributed by atoms with van der Waals surface area (Å²) in [7, 11) is 0. The minimum Gasteiger partial charge on any atom is -0.493 e. The fraction of sp³-hybridized carbons (Fsp3) is 0.480. The molecule has 0 unspecified atom stereocenters. The fourth-order valence-corrected chi connectivity index (χ4v) is 4.34. The number of ether oxygens (including phenoxy) is 1. The number of carbonyl (C=O) groups excluding carboxylic acids is 1. The molecule has 2 amide bonds. The Morgan fingerprint density at radius 2 is 1.97 bits per heavy atom. The lowest BCUT2D eigenvalue weighted by Crippen LogP contribution is -2.39. The number of likely N-dealkylation sites (tertiary alicyclic amines) is 1. The summed E-state index contributed by atoms with van der Waals surface area (Å²) in [6.07, 6.45) is 10.8. The summed E-state index contributed by atoms with van der Waals surface area (Å²) >= 11 is 0. The van der Waals surface area contributed by atoms with E-state index in [1.165, 1.54) is 36.8 Å². The maximum absolute atomic E-state index is 12.4. The van der Waals surface area contributed by atoms with E-state index in [-0.39, 0.29) is 6.03 Å². The molecule has 1 aromatic carbocycles. The lowest BCUT2D eigenvalue weighted by atomic mass is 9.83. The SMILES string of the molecule is CC1CCC(COc2cccc(C=C3CCN(C(=O)Nc4cccnn4)CC3)c2)CC1. The summed E-state index contributed by atoms with van der Waals surface area (Å²) in [5, 5.41) is 10.5. The van der Waals surface area contributed by atoms with Crippen LogP contribution in [0.3, 0.4) is 0 Å². The van der Waals surface area contributed by atoms with Gasteiger partial charge in [0.15, 0.2) is 5.82 Å². The van der Waals surface area contributed by atoms with Gasteiger partial charge in [-0.05, 0) is 67.3 Å². The Morgan fingerprint density at radius 1 is 1.16 bits per heavy atom. The number of nitrogens with zero attached hydrogens (tertiary/aromatic N) is 3. The van der Waals surface area contributed by atoms with Crippen LogP contribution in [-0.2, 0) is 0 Å². The number of hydrogen-bond acceptors (Lipinski definition) is 4. The standard InChI is InChI=1S/C25H32N4O2/c1-19-7-9-21(10-8-19)18-31-23-5-2-4-22(17-23)16-20-11-14-29(15-12-20)25(30)27-24-6-3-13-26-28-24/h2-6,13,16-17,19,21H,7-12,14-15,18H2,1H3,(H,27,28,30). The highest BCUT2D eigenvalue weighted by atomic mass is 16.5. The van der Waals surface area contributed by atoms with E-state index < -0.39 is 0 Å². The third-order valence-corrected chi connectivity index (χ3v) is 6.35. The van der Waals surface area contributed by atoms with Gasteiger partial charge < -0.3 is 9.64 Å². The summed E-state index contributed by atoms with van der Waals surface area (Å²) in [5.41, 5.74) is 2.53. The maximum atomic E-state index is 12.4. The molecule has 2 aromatic rings. The largest absolute Gasteiger partial charge is 0.493 e. The second-order valence-electron chi connectivity index (χ2n) is 8.84. The molecule has 164 valence electrons. The summed E-state index contributed by atoms with van der Waals surface area (Å²) < 4.78 is 6.11. The van der Waals surface area contributed by atoms with Crippen LogP contribution < -0.4 is 10.1 Å². The first kappa shape index (κ1) is 21.3. The molecule has 1 N–H and O–H groups in total. The van der Waals surface area contributed by atoms with Crippen molar-refractivity contribution in [2.24, 2.45) is 11.8 Å². The molecule has 0 radical (unpaired) electrons. The number of benzene rings is 1. The predicted molar refractivity (Wildman–Crippen MR) is 123 cm³/mol. The van der Waals surface area contributed by atoms with Crippen LogP contribution >= 0.6 is 0 Å². The zero-order chi connectivity index (χ0) is 21.5. The molecule has 0 atom stereocenters. The van der Waals surface area contributed by atoms with Gasteiger partial charge in [0.05, 0.1) is 6.61 Å². The lowest BCUT2D eigenvalue weighted by molar-refractivity contribution is 0.188. The summed E-state index contributed by atoms with van der Waals surface area (Å²) in [6, 6.07) is 11.7. The van der Waals surface area contributed by atoms with Gasteiger partial charge in [-0.1, -0.05) is 43.5 Å². The normalized spacial score (nSPS) is 21.5. The number of nitrogens with one attached hydrogen (secondary N) is 1. The van der Waals surface area contributed by atoms with Crippen LogP contribution in [0, 0.1) is 11.8 Å². The number of urea groups is 1. The van der Waals surface area contributed by atoms with Crippen LogP contribution in [0.25, 0.3) is 6.08 Å². The van der Waals surface area contributed by atoms with Gasteiger partial charge in [-0.15, -0.1) is 5.10 Å². The molecule has 6 nitrogen and oxygen atoms in total. The zero-order valence-corrected chi connectivity index (χ0v) is 18.3. The molecule has 1 aromatic heterocycles. The number of aromatic nitrogens is 2. The molecule has 1 aliphatic carbocycles. The smallest absolute Gasteiger partial charge is 0.323 e. The first-order valence-corrected chi connectivity index (χ1v) is 11.4. The zero-order valence-electron chi connectivity index (χ0n) is 18.3. The van der Waals surface area contributed by atoms with Gasteiger partial charge in [-0.3, -0.25) is 5.32 Å². The van der Waals surface area contributed by atoms with Crippen molar-refractivity contribution in [2.75, 3.05) is 25.0 Å². The summed E-state index contributed by atoms with van der Waals surface area (Å²) in [6.45, 7) is 4.58. The molecule has 2 aliphatic rings. The molecule has 2 heterocycles. The van der Waals surface area contributed by atoms with Crippen LogP contribution in [0.4, 0.5) is 10.6 Å². The molecule has 1 saturated carbocycles. The average molecular weight is 421 g/mol. The van der Waals surface area contributed by atoms with Gasteiger partial charge in [0, 0.05) is 19.3 Å². The van der Waals surface area contributed by atoms with E-state index >= 15 is 0 Å². The average Bonchev–Trinajstić information content (AvgIpc) is 2.80. The Balaban J connectivity index is 1.26. The third-order valence-electron chi connectivity index (χ3n) is 6.35. The molecule has 0 spiro atoms. The van der Waals surface area contributed by atoms with Gasteiger partial charge in [-0.25, -0.2) is 4.79 Å². The fourth-order valence-electron chi connectivity index (χ4n) is 4.34. The third kappa shape index (κ3) is 6.29. The lowest BCUT2D eigenvalue weighted by Gasteiger charge is -2.28. The van der Waals surface area contributed by atoms with Gasteiger partial charge in [-0.2, -0.15) is 5.10 Å². The highest BCUT2D eigenvalue weighted by Gasteiger charge is 2.20. The highest BCUT2D eigenvalue weighted by molar-refractivity contribution is 5.88. The number of piperidine rings is 1. The quantitative estimate of drug-likeness (QED) is 0.704. The predicted octanol–water partition coefficient (Wildman–Crippen LogP) is 5.39. The second-order valence-corrected chi connectivity index (χ2v) is 8.84. The van der Waals surface area contributed by atoms with Gasteiger partial charge >= 0.3 is 6.03 Å². The van der Waals surface area contributed by atoms with Crippen molar-refractivity contribution < 1.29 is 9.53 Å². The number of carbonyl (C=O) groups is 1. The number of amides is 2. The minimum atomic E-state index is -0.118. The topological polar surface area (TPSA) is 67.3 Å². The Morgan fingerprint density at radius 3 is 2.71 bits per heavy atom. The first-order valence-electron chi connectivity index (χ1n) is 11.4. The Labute approximate surface area is 184 Å². The number of anilines is 1. The molecular weight excluding hydrogens is 388 g/mol. The van der Waals surface area contributed by atoms with E-state index in [4.69, 9.17) is 4.74 Å². The Hall–Kier alpha value is -2.89. The van der Waals surface area contributed by atoms with Crippen molar-refractivity contribution in [2.45, 2.75) is 45.4 Å². The monoisotopic (exact) mass is 420 g/mol. The second kappa shape index (κ2) is 10.4. The van der Waals surface area contributed by atoms with Crippen molar-refractivity contribution in [3.05, 3.63) is 53.7 Å².